The number of hydrogen-bond acceptors (Lipinski definition) is 4. The molecular formula is C23H28N2O3S. The summed E-state index contributed by atoms with van der Waals surface area (Å²) in [6, 6.07) is 14.1. The Kier molecular flexibility index (Phi) is 7.23. The van der Waals surface area contributed by atoms with E-state index in [1.54, 1.807) is 7.11 Å². The first kappa shape index (κ1) is 21.3. The summed E-state index contributed by atoms with van der Waals surface area (Å²) in [6.07, 6.45) is 0.293. The number of rotatable bonds is 8. The molecule has 1 heterocycles. The Morgan fingerprint density at radius 1 is 1.17 bits per heavy atom. The van der Waals surface area contributed by atoms with E-state index < -0.39 is 0 Å². The van der Waals surface area contributed by atoms with Crippen LogP contribution >= 0.6 is 11.3 Å². The van der Waals surface area contributed by atoms with Crippen LogP contribution in [0.1, 0.15) is 37.8 Å². The molecule has 0 N–H and O–H groups in total. The highest BCUT2D eigenvalue weighted by Crippen LogP contribution is 2.23. The average Bonchev–Trinajstić information content (AvgIpc) is 3.04. The molecule has 0 fully saturated rings. The molecule has 0 aliphatic carbocycles. The lowest BCUT2D eigenvalue weighted by Gasteiger charge is -2.06. The van der Waals surface area contributed by atoms with Gasteiger partial charge < -0.3 is 14.0 Å². The molecule has 0 aliphatic rings. The largest absolute Gasteiger partial charge is 0.497 e. The van der Waals surface area contributed by atoms with Crippen molar-refractivity contribution in [1.29, 1.82) is 0 Å². The quantitative estimate of drug-likeness (QED) is 0.510. The number of fused-ring (bicyclic) bond motifs is 1. The number of hydrogen-bond donors (Lipinski definition) is 0. The third kappa shape index (κ3) is 5.34. The summed E-state index contributed by atoms with van der Waals surface area (Å²) in [5.74, 6) is 1.12. The van der Waals surface area contributed by atoms with Crippen molar-refractivity contribution in [3.63, 3.8) is 0 Å². The maximum Gasteiger partial charge on any atom is 0.252 e. The summed E-state index contributed by atoms with van der Waals surface area (Å²) in [5.41, 5.74) is 3.28. The predicted molar refractivity (Wildman–Crippen MR) is 118 cm³/mol. The van der Waals surface area contributed by atoms with Gasteiger partial charge in [0.15, 0.2) is 4.80 Å². The smallest absolute Gasteiger partial charge is 0.252 e. The van der Waals surface area contributed by atoms with Crippen LogP contribution in [0, 0.1) is 0 Å². The van der Waals surface area contributed by atoms with E-state index in [2.05, 4.69) is 35.5 Å². The standard InChI is InChI=1S/C23H28N2O3S/c1-5-28-13-12-25-20-11-10-19(27-4)15-21(20)29-23(25)24-22(26)14-17-6-8-18(9-7-17)16(2)3/h6-11,15-16H,5,12-14H2,1-4H3. The zero-order valence-electron chi connectivity index (χ0n) is 17.5. The maximum absolute atomic E-state index is 12.7. The second-order valence-corrected chi connectivity index (χ2v) is 8.15. The molecular weight excluding hydrogens is 384 g/mol. The van der Waals surface area contributed by atoms with Crippen molar-refractivity contribution in [3.05, 3.63) is 58.4 Å². The van der Waals surface area contributed by atoms with Crippen molar-refractivity contribution in [2.45, 2.75) is 39.7 Å². The van der Waals surface area contributed by atoms with Gasteiger partial charge in [0.05, 0.1) is 30.4 Å². The fourth-order valence-corrected chi connectivity index (χ4v) is 4.23. The average molecular weight is 413 g/mol. The Morgan fingerprint density at radius 3 is 2.59 bits per heavy atom. The molecule has 0 radical (unpaired) electrons. The zero-order chi connectivity index (χ0) is 20.8. The maximum atomic E-state index is 12.7. The second kappa shape index (κ2) is 9.85. The minimum atomic E-state index is -0.147. The second-order valence-electron chi connectivity index (χ2n) is 7.15. The van der Waals surface area contributed by atoms with E-state index >= 15 is 0 Å². The Bertz CT molecular complexity index is 1030. The summed E-state index contributed by atoms with van der Waals surface area (Å²) in [4.78, 5) is 17.8. The molecule has 1 amide bonds. The van der Waals surface area contributed by atoms with Crippen LogP contribution < -0.4 is 9.54 Å². The van der Waals surface area contributed by atoms with Crippen LogP contribution in [-0.4, -0.2) is 30.8 Å². The lowest BCUT2D eigenvalue weighted by atomic mass is 10.0. The van der Waals surface area contributed by atoms with Crippen LogP contribution in [0.5, 0.6) is 5.75 Å². The number of methoxy groups -OCH3 is 1. The number of thiazole rings is 1. The SMILES string of the molecule is CCOCCn1c(=NC(=O)Cc2ccc(C(C)C)cc2)sc2cc(OC)ccc21. The van der Waals surface area contributed by atoms with E-state index in [0.717, 1.165) is 21.5 Å². The Balaban J connectivity index is 1.89. The van der Waals surface area contributed by atoms with Crippen LogP contribution in [0.25, 0.3) is 10.2 Å². The predicted octanol–water partition coefficient (Wildman–Crippen LogP) is 4.54. The number of aromatic nitrogens is 1. The van der Waals surface area contributed by atoms with Gasteiger partial charge in [-0.1, -0.05) is 49.4 Å². The lowest BCUT2D eigenvalue weighted by molar-refractivity contribution is -0.117. The van der Waals surface area contributed by atoms with Gasteiger partial charge in [0.2, 0.25) is 0 Å². The summed E-state index contributed by atoms with van der Waals surface area (Å²) < 4.78 is 13.9. The van der Waals surface area contributed by atoms with Gasteiger partial charge in [-0.25, -0.2) is 0 Å². The molecule has 3 aromatic rings. The van der Waals surface area contributed by atoms with Crippen molar-refractivity contribution in [2.24, 2.45) is 4.99 Å². The minimum absolute atomic E-state index is 0.147. The Hall–Kier alpha value is -2.44. The van der Waals surface area contributed by atoms with Crippen LogP contribution in [0.3, 0.4) is 0 Å². The van der Waals surface area contributed by atoms with Gasteiger partial charge in [0, 0.05) is 13.2 Å². The van der Waals surface area contributed by atoms with E-state index in [1.807, 2.05) is 37.3 Å². The highest BCUT2D eigenvalue weighted by Gasteiger charge is 2.10. The van der Waals surface area contributed by atoms with Gasteiger partial charge in [-0.2, -0.15) is 4.99 Å². The third-order valence-corrected chi connectivity index (χ3v) is 5.82. The van der Waals surface area contributed by atoms with E-state index in [-0.39, 0.29) is 5.91 Å². The number of ether oxygens (including phenoxy) is 2. The molecule has 0 bridgehead atoms. The highest BCUT2D eigenvalue weighted by molar-refractivity contribution is 7.16. The van der Waals surface area contributed by atoms with E-state index in [4.69, 9.17) is 9.47 Å². The molecule has 0 saturated heterocycles. The number of amides is 1. The summed E-state index contributed by atoms with van der Waals surface area (Å²) >= 11 is 1.50. The van der Waals surface area contributed by atoms with Gasteiger partial charge in [-0.15, -0.1) is 0 Å². The fourth-order valence-electron chi connectivity index (χ4n) is 3.12. The van der Waals surface area contributed by atoms with Gasteiger partial charge in [0.25, 0.3) is 5.91 Å². The van der Waals surface area contributed by atoms with Crippen molar-refractivity contribution in [3.8, 4) is 5.75 Å². The molecule has 0 unspecified atom stereocenters. The van der Waals surface area contributed by atoms with Crippen molar-refractivity contribution in [2.75, 3.05) is 20.3 Å². The normalized spacial score (nSPS) is 12.1. The summed E-state index contributed by atoms with van der Waals surface area (Å²) in [7, 11) is 1.65. The van der Waals surface area contributed by atoms with Gasteiger partial charge in [-0.05, 0) is 42.2 Å². The first-order chi connectivity index (χ1) is 14.0. The van der Waals surface area contributed by atoms with E-state index in [9.17, 15) is 4.79 Å². The Labute approximate surface area is 175 Å². The molecule has 29 heavy (non-hydrogen) atoms. The number of carbonyl (C=O) groups is 1. The molecule has 0 saturated carbocycles. The third-order valence-electron chi connectivity index (χ3n) is 4.78. The van der Waals surface area contributed by atoms with Crippen LogP contribution in [0.2, 0.25) is 0 Å². The van der Waals surface area contributed by atoms with Crippen LogP contribution in [0.4, 0.5) is 0 Å². The zero-order valence-corrected chi connectivity index (χ0v) is 18.3. The monoisotopic (exact) mass is 412 g/mol. The topological polar surface area (TPSA) is 52.8 Å². The molecule has 5 nitrogen and oxygen atoms in total. The molecule has 1 aromatic heterocycles. The molecule has 0 spiro atoms. The van der Waals surface area contributed by atoms with Crippen molar-refractivity contribution >= 4 is 27.5 Å². The molecule has 154 valence electrons. The first-order valence-electron chi connectivity index (χ1n) is 9.93. The van der Waals surface area contributed by atoms with Gasteiger partial charge in [0.1, 0.15) is 5.75 Å². The van der Waals surface area contributed by atoms with E-state index in [1.165, 1.54) is 16.9 Å². The van der Waals surface area contributed by atoms with Crippen LogP contribution in [0.15, 0.2) is 47.5 Å². The molecule has 6 heteroatoms. The molecule has 0 atom stereocenters. The van der Waals surface area contributed by atoms with Crippen molar-refractivity contribution < 1.29 is 14.3 Å². The fraction of sp³-hybridized carbons (Fsp3) is 0.391. The minimum Gasteiger partial charge on any atom is -0.497 e. The molecule has 0 aliphatic heterocycles. The van der Waals surface area contributed by atoms with Crippen LogP contribution in [-0.2, 0) is 22.5 Å². The van der Waals surface area contributed by atoms with E-state index in [0.29, 0.717) is 36.9 Å². The Morgan fingerprint density at radius 2 is 1.93 bits per heavy atom. The summed E-state index contributed by atoms with van der Waals surface area (Å²) in [5, 5.41) is 0. The first-order valence-corrected chi connectivity index (χ1v) is 10.7. The number of carbonyl (C=O) groups excluding carboxylic acids is 1. The number of nitrogens with zero attached hydrogens (tertiary/aromatic N) is 2. The summed E-state index contributed by atoms with van der Waals surface area (Å²) in [6.45, 7) is 8.18. The highest BCUT2D eigenvalue weighted by atomic mass is 32.1. The molecule has 3 rings (SSSR count). The van der Waals surface area contributed by atoms with Crippen molar-refractivity contribution in [1.82, 2.24) is 4.57 Å². The van der Waals surface area contributed by atoms with Gasteiger partial charge >= 0.3 is 0 Å². The number of benzene rings is 2. The molecule has 2 aromatic carbocycles. The van der Waals surface area contributed by atoms with Gasteiger partial charge in [-0.3, -0.25) is 4.79 Å². The lowest BCUT2D eigenvalue weighted by Crippen LogP contribution is -2.20.